The molecule has 3 aliphatic rings. The number of hydrogen-bond donors (Lipinski definition) is 0. The number of amides is 1. The van der Waals surface area contributed by atoms with E-state index >= 15 is 0 Å². The van der Waals surface area contributed by atoms with E-state index in [0.717, 1.165) is 34.4 Å². The highest BCUT2D eigenvalue weighted by Gasteiger charge is 2.40. The summed E-state index contributed by atoms with van der Waals surface area (Å²) in [4.78, 5) is 14.9. The third-order valence-corrected chi connectivity index (χ3v) is 7.34. The van der Waals surface area contributed by atoms with Crippen molar-refractivity contribution in [2.75, 3.05) is 19.8 Å². The van der Waals surface area contributed by atoms with Gasteiger partial charge >= 0.3 is 12.3 Å². The second kappa shape index (κ2) is 9.03. The molecule has 1 fully saturated rings. The molecule has 0 aromatic heterocycles. The molecule has 4 nitrogen and oxygen atoms in total. The van der Waals surface area contributed by atoms with Gasteiger partial charge < -0.3 is 9.47 Å². The van der Waals surface area contributed by atoms with Crippen LogP contribution in [0.1, 0.15) is 34.6 Å². The molecule has 0 saturated carbocycles. The summed E-state index contributed by atoms with van der Waals surface area (Å²) in [6, 6.07) is 17.7. The Kier molecular flexibility index (Phi) is 5.79. The average Bonchev–Trinajstić information content (AvgIpc) is 3.19. The highest BCUT2D eigenvalue weighted by Crippen LogP contribution is 2.45. The molecule has 2 aliphatic heterocycles. The molecule has 3 aromatic carbocycles. The topological polar surface area (TPSA) is 38.8 Å². The van der Waals surface area contributed by atoms with Crippen LogP contribution >= 0.6 is 0 Å². The van der Waals surface area contributed by atoms with Gasteiger partial charge in [-0.15, -0.1) is 0 Å². The van der Waals surface area contributed by atoms with E-state index in [4.69, 9.17) is 9.47 Å². The van der Waals surface area contributed by atoms with E-state index in [1.807, 2.05) is 36.4 Å². The van der Waals surface area contributed by atoms with Crippen LogP contribution in [-0.2, 0) is 15.7 Å². The number of nitrogens with zero attached hydrogens (tertiary/aromatic N) is 1. The largest absolute Gasteiger partial charge is 0.448 e. The normalized spacial score (nSPS) is 20.8. The molecule has 0 radical (unpaired) electrons. The number of alkyl halides is 3. The van der Waals surface area contributed by atoms with Gasteiger partial charge in [0.2, 0.25) is 0 Å². The molecule has 1 saturated heterocycles. The summed E-state index contributed by atoms with van der Waals surface area (Å²) in [6.45, 7) is 0.574. The summed E-state index contributed by atoms with van der Waals surface area (Å²) in [5, 5.41) is 0. The molecule has 3 aromatic rings. The summed E-state index contributed by atoms with van der Waals surface area (Å²) >= 11 is 0. The van der Waals surface area contributed by atoms with Gasteiger partial charge in [0.25, 0.3) is 0 Å². The molecule has 1 aliphatic carbocycles. The quantitative estimate of drug-likeness (QED) is 0.371. The van der Waals surface area contributed by atoms with Crippen molar-refractivity contribution in [3.05, 3.63) is 101 Å². The van der Waals surface area contributed by atoms with Crippen molar-refractivity contribution < 1.29 is 31.8 Å². The minimum atomic E-state index is -4.65. The molecule has 190 valence electrons. The third-order valence-electron chi connectivity index (χ3n) is 7.34. The fourth-order valence-electron chi connectivity index (χ4n) is 5.70. The molecular weight excluding hydrogens is 486 g/mol. The maximum atomic E-state index is 14.0. The van der Waals surface area contributed by atoms with Crippen LogP contribution in [0.25, 0.3) is 16.7 Å². The maximum Gasteiger partial charge on any atom is 0.416 e. The smallest absolute Gasteiger partial charge is 0.416 e. The van der Waals surface area contributed by atoms with Crippen LogP contribution < -0.4 is 0 Å². The molecule has 0 spiro atoms. The van der Waals surface area contributed by atoms with Crippen LogP contribution in [0.4, 0.5) is 22.4 Å². The Bertz CT molecular complexity index is 1350. The van der Waals surface area contributed by atoms with Crippen LogP contribution in [0.15, 0.2) is 72.8 Å². The van der Waals surface area contributed by atoms with E-state index in [0.29, 0.717) is 11.6 Å². The first-order chi connectivity index (χ1) is 17.8. The van der Waals surface area contributed by atoms with Gasteiger partial charge in [0.1, 0.15) is 12.4 Å². The average molecular weight is 509 g/mol. The van der Waals surface area contributed by atoms with Crippen molar-refractivity contribution in [2.45, 2.75) is 30.6 Å². The summed E-state index contributed by atoms with van der Waals surface area (Å²) in [5.74, 6) is -1.04. The first-order valence-corrected chi connectivity index (χ1v) is 12.1. The molecule has 1 amide bonds. The molecule has 2 unspecified atom stereocenters. The molecule has 8 heteroatoms. The number of rotatable bonds is 3. The minimum Gasteiger partial charge on any atom is -0.448 e. The van der Waals surface area contributed by atoms with Crippen molar-refractivity contribution in [2.24, 2.45) is 0 Å². The van der Waals surface area contributed by atoms with Crippen LogP contribution in [0, 0.1) is 5.82 Å². The first kappa shape index (κ1) is 23.7. The SMILES string of the molecule is O=C(OCC1c2ccccc2-c2ccccc21)N1C2C=C(c3cc(F)cc(C(F)(F)F)c3)CC1COC2. The zero-order valence-corrected chi connectivity index (χ0v) is 19.7. The van der Waals surface area contributed by atoms with Crippen LogP contribution in [0.2, 0.25) is 0 Å². The minimum absolute atomic E-state index is 0.0867. The summed E-state index contributed by atoms with van der Waals surface area (Å²) in [6.07, 6.45) is -3.23. The highest BCUT2D eigenvalue weighted by atomic mass is 19.4. The second-order valence-electron chi connectivity index (χ2n) is 9.59. The van der Waals surface area contributed by atoms with E-state index < -0.39 is 35.7 Å². The fraction of sp³-hybridized carbons (Fsp3) is 0.276. The lowest BCUT2D eigenvalue weighted by atomic mass is 9.89. The van der Waals surface area contributed by atoms with E-state index in [-0.39, 0.29) is 37.7 Å². The van der Waals surface area contributed by atoms with Gasteiger partial charge in [-0.1, -0.05) is 54.6 Å². The van der Waals surface area contributed by atoms with Crippen molar-refractivity contribution >= 4 is 11.7 Å². The maximum absolute atomic E-state index is 14.0. The Morgan fingerprint density at radius 3 is 2.30 bits per heavy atom. The van der Waals surface area contributed by atoms with Crippen molar-refractivity contribution in [1.82, 2.24) is 4.90 Å². The molecule has 0 N–H and O–H groups in total. The van der Waals surface area contributed by atoms with E-state index in [2.05, 4.69) is 12.1 Å². The van der Waals surface area contributed by atoms with Crippen molar-refractivity contribution in [3.63, 3.8) is 0 Å². The van der Waals surface area contributed by atoms with E-state index in [9.17, 15) is 22.4 Å². The Hall–Kier alpha value is -3.65. The van der Waals surface area contributed by atoms with Crippen molar-refractivity contribution in [3.8, 4) is 11.1 Å². The molecular formula is C29H23F4NO3. The monoisotopic (exact) mass is 509 g/mol. The van der Waals surface area contributed by atoms with Crippen LogP contribution in [0.5, 0.6) is 0 Å². The van der Waals surface area contributed by atoms with Gasteiger partial charge in [0.05, 0.1) is 30.9 Å². The number of halogens is 4. The predicted octanol–water partition coefficient (Wildman–Crippen LogP) is 6.65. The van der Waals surface area contributed by atoms with E-state index in [1.54, 1.807) is 11.0 Å². The lowest BCUT2D eigenvalue weighted by Crippen LogP contribution is -2.56. The van der Waals surface area contributed by atoms with Crippen LogP contribution in [0.3, 0.4) is 0 Å². The summed E-state index contributed by atoms with van der Waals surface area (Å²) < 4.78 is 65.2. The second-order valence-corrected chi connectivity index (χ2v) is 9.59. The van der Waals surface area contributed by atoms with Gasteiger partial charge in [-0.3, -0.25) is 4.90 Å². The number of benzene rings is 3. The Morgan fingerprint density at radius 1 is 0.973 bits per heavy atom. The lowest BCUT2D eigenvalue weighted by molar-refractivity contribution is -0.137. The first-order valence-electron chi connectivity index (χ1n) is 12.1. The number of carbonyl (C=O) groups is 1. The fourth-order valence-corrected chi connectivity index (χ4v) is 5.70. The van der Waals surface area contributed by atoms with E-state index in [1.165, 1.54) is 0 Å². The van der Waals surface area contributed by atoms with Crippen LogP contribution in [-0.4, -0.2) is 42.9 Å². The van der Waals surface area contributed by atoms with Gasteiger partial charge in [0.15, 0.2) is 0 Å². The number of morpholine rings is 1. The van der Waals surface area contributed by atoms with Gasteiger partial charge in [0, 0.05) is 5.92 Å². The third kappa shape index (κ3) is 4.29. The zero-order valence-electron chi connectivity index (χ0n) is 19.7. The Morgan fingerprint density at radius 2 is 1.65 bits per heavy atom. The summed E-state index contributed by atoms with van der Waals surface area (Å²) in [7, 11) is 0. The Labute approximate surface area is 211 Å². The predicted molar refractivity (Wildman–Crippen MR) is 129 cm³/mol. The molecule has 37 heavy (non-hydrogen) atoms. The van der Waals surface area contributed by atoms with Gasteiger partial charge in [-0.05, 0) is 58.0 Å². The molecule has 2 heterocycles. The highest BCUT2D eigenvalue weighted by molar-refractivity contribution is 5.79. The number of ether oxygens (including phenoxy) is 2. The Balaban J connectivity index is 1.23. The zero-order chi connectivity index (χ0) is 25.7. The molecule has 2 bridgehead atoms. The number of hydrogen-bond acceptors (Lipinski definition) is 3. The molecule has 6 rings (SSSR count). The van der Waals surface area contributed by atoms with Gasteiger partial charge in [-0.2, -0.15) is 13.2 Å². The van der Waals surface area contributed by atoms with Gasteiger partial charge in [-0.25, -0.2) is 9.18 Å². The molecule has 2 atom stereocenters. The number of fused-ring (bicyclic) bond motifs is 5. The van der Waals surface area contributed by atoms with Crippen molar-refractivity contribution in [1.29, 1.82) is 0 Å². The standard InChI is InChI=1S/C29H23F4NO3/c30-20-10-17(9-19(13-20)29(31,32)33)18-11-21-14-36-15-22(12-18)34(21)28(35)37-16-27-25-7-3-1-5-23(25)24-6-2-4-8-26(24)27/h1-11,13,21-22,27H,12,14-16H2. The number of carbonyl (C=O) groups excluding carboxylic acids is 1. The lowest BCUT2D eigenvalue weighted by Gasteiger charge is -2.44. The summed E-state index contributed by atoms with van der Waals surface area (Å²) in [5.41, 5.74) is 4.15.